The van der Waals surface area contributed by atoms with Crippen LogP contribution in [0.25, 0.3) is 0 Å². The van der Waals surface area contributed by atoms with Gasteiger partial charge in [-0.25, -0.2) is 4.39 Å². The molecule has 3 fully saturated rings. The van der Waals surface area contributed by atoms with Crippen LogP contribution in [0, 0.1) is 23.6 Å². The molecule has 4 atom stereocenters. The summed E-state index contributed by atoms with van der Waals surface area (Å²) < 4.78 is 19.4. The van der Waals surface area contributed by atoms with Crippen molar-refractivity contribution in [1.29, 1.82) is 0 Å². The van der Waals surface area contributed by atoms with Gasteiger partial charge in [-0.15, -0.1) is 0 Å². The van der Waals surface area contributed by atoms with Gasteiger partial charge in [0, 0.05) is 24.8 Å². The van der Waals surface area contributed by atoms with E-state index < -0.39 is 5.72 Å². The highest BCUT2D eigenvalue weighted by molar-refractivity contribution is 5.98. The number of para-hydroxylation sites is 1. The second-order valence-electron chi connectivity index (χ2n) is 8.37. The molecule has 5 nitrogen and oxygen atoms in total. The minimum Gasteiger partial charge on any atom is -0.467 e. The van der Waals surface area contributed by atoms with Crippen LogP contribution in [0.1, 0.15) is 41.6 Å². The maximum absolute atomic E-state index is 13.0. The summed E-state index contributed by atoms with van der Waals surface area (Å²) in [7, 11) is 0. The van der Waals surface area contributed by atoms with E-state index in [9.17, 15) is 14.0 Å². The first-order chi connectivity index (χ1) is 14.0. The van der Waals surface area contributed by atoms with Crippen LogP contribution >= 0.6 is 0 Å². The van der Waals surface area contributed by atoms with E-state index in [4.69, 9.17) is 4.74 Å². The minimum absolute atomic E-state index is 0.0291. The lowest BCUT2D eigenvalue weighted by Gasteiger charge is -2.55. The average Bonchev–Trinajstić information content (AvgIpc) is 2.73. The summed E-state index contributed by atoms with van der Waals surface area (Å²) in [4.78, 5) is 25.5. The number of amides is 2. The lowest BCUT2D eigenvalue weighted by Crippen LogP contribution is -2.66. The third-order valence-corrected chi connectivity index (χ3v) is 6.68. The van der Waals surface area contributed by atoms with Crippen molar-refractivity contribution in [2.75, 3.05) is 0 Å². The normalized spacial score (nSPS) is 29.7. The summed E-state index contributed by atoms with van der Waals surface area (Å²) in [6, 6.07) is 13.5. The highest BCUT2D eigenvalue weighted by Crippen LogP contribution is 2.52. The van der Waals surface area contributed by atoms with Crippen LogP contribution in [0.2, 0.25) is 0 Å². The van der Waals surface area contributed by atoms with Gasteiger partial charge in [0.25, 0.3) is 5.91 Å². The number of halogens is 1. The van der Waals surface area contributed by atoms with Gasteiger partial charge in [0.1, 0.15) is 11.6 Å². The fourth-order valence-corrected chi connectivity index (χ4v) is 5.20. The molecule has 1 spiro atoms. The van der Waals surface area contributed by atoms with E-state index in [2.05, 4.69) is 10.6 Å². The predicted molar refractivity (Wildman–Crippen MR) is 104 cm³/mol. The number of carbonyl (C=O) groups excluding carboxylic acids is 2. The quantitative estimate of drug-likeness (QED) is 0.839. The molecule has 2 N–H and O–H groups in total. The number of fused-ring (bicyclic) bond motifs is 3. The number of ether oxygens (including phenoxy) is 1. The molecule has 0 aromatic heterocycles. The number of carbonyl (C=O) groups is 2. The van der Waals surface area contributed by atoms with Crippen molar-refractivity contribution < 1.29 is 18.7 Å². The molecule has 3 aliphatic carbocycles. The number of rotatable bonds is 3. The molecule has 2 aromatic carbocycles. The zero-order valence-electron chi connectivity index (χ0n) is 16.0. The fraction of sp³-hybridized carbons (Fsp3) is 0.391. The second kappa shape index (κ2) is 6.87. The van der Waals surface area contributed by atoms with Gasteiger partial charge in [-0.05, 0) is 55.0 Å². The van der Waals surface area contributed by atoms with Gasteiger partial charge in [-0.3, -0.25) is 9.59 Å². The van der Waals surface area contributed by atoms with Crippen molar-refractivity contribution in [3.63, 3.8) is 0 Å². The molecule has 150 valence electrons. The van der Waals surface area contributed by atoms with Gasteiger partial charge in [0.05, 0.1) is 5.56 Å². The summed E-state index contributed by atoms with van der Waals surface area (Å²) in [5.74, 6) is 0.452. The number of hydrogen-bond donors (Lipinski definition) is 2. The molecule has 2 aromatic rings. The van der Waals surface area contributed by atoms with Crippen molar-refractivity contribution in [2.24, 2.45) is 17.8 Å². The largest absolute Gasteiger partial charge is 0.467 e. The molecule has 4 aliphatic rings. The minimum atomic E-state index is -0.706. The van der Waals surface area contributed by atoms with E-state index in [1.54, 1.807) is 18.2 Å². The third-order valence-electron chi connectivity index (χ3n) is 6.68. The maximum Gasteiger partial charge on any atom is 0.258 e. The Morgan fingerprint density at radius 3 is 2.72 bits per heavy atom. The Labute approximate surface area is 168 Å². The van der Waals surface area contributed by atoms with Crippen molar-refractivity contribution in [1.82, 2.24) is 10.6 Å². The van der Waals surface area contributed by atoms with Crippen LogP contribution in [0.3, 0.4) is 0 Å². The molecule has 2 bridgehead atoms. The highest BCUT2D eigenvalue weighted by Gasteiger charge is 2.57. The van der Waals surface area contributed by atoms with Gasteiger partial charge in [0.15, 0.2) is 5.72 Å². The van der Waals surface area contributed by atoms with Gasteiger partial charge in [-0.2, -0.15) is 0 Å². The molecular formula is C23H23FN2O3. The smallest absolute Gasteiger partial charge is 0.258 e. The Morgan fingerprint density at radius 2 is 1.97 bits per heavy atom. The lowest BCUT2D eigenvalue weighted by molar-refractivity contribution is -0.146. The molecular weight excluding hydrogens is 371 g/mol. The van der Waals surface area contributed by atoms with Crippen LogP contribution in [-0.4, -0.2) is 17.5 Å². The van der Waals surface area contributed by atoms with Crippen LogP contribution in [0.15, 0.2) is 48.5 Å². The molecule has 1 aliphatic heterocycles. The summed E-state index contributed by atoms with van der Waals surface area (Å²) in [5, 5.41) is 6.11. The molecule has 0 saturated heterocycles. The highest BCUT2D eigenvalue weighted by atomic mass is 19.1. The Kier molecular flexibility index (Phi) is 4.30. The van der Waals surface area contributed by atoms with E-state index in [0.29, 0.717) is 30.7 Å². The monoisotopic (exact) mass is 394 g/mol. The molecule has 0 radical (unpaired) electrons. The van der Waals surface area contributed by atoms with Crippen LogP contribution < -0.4 is 15.4 Å². The van der Waals surface area contributed by atoms with E-state index >= 15 is 0 Å². The standard InChI is InChI=1S/C23H23FN2O3/c24-17-9-5-14(6-10-17)13-25-21(27)19-11-16-8-7-15(19)12-23(16)26-22(28)18-3-1-2-4-20(18)29-23/h1-6,9-10,15-16,19H,7-8,11-13H2,(H,25,27)(H,26,28)/t15-,16+,19+,23-/m1/s1. The Hall–Kier alpha value is -2.89. The SMILES string of the molecule is O=C1N[C@]2(C[C@H]3CC[C@H]2C[C@@H]3C(=O)NCc2ccc(F)cc2)Oc2ccccc21. The first-order valence-electron chi connectivity index (χ1n) is 10.2. The summed E-state index contributed by atoms with van der Waals surface area (Å²) in [6.07, 6.45) is 3.24. The molecule has 2 amide bonds. The zero-order valence-corrected chi connectivity index (χ0v) is 16.0. The summed E-state index contributed by atoms with van der Waals surface area (Å²) >= 11 is 0. The molecule has 6 heteroatoms. The van der Waals surface area contributed by atoms with Crippen molar-refractivity contribution in [3.05, 3.63) is 65.5 Å². The van der Waals surface area contributed by atoms with Crippen LogP contribution in [0.5, 0.6) is 5.75 Å². The predicted octanol–water partition coefficient (Wildman–Crippen LogP) is 3.40. The van der Waals surface area contributed by atoms with E-state index in [-0.39, 0.29) is 35.4 Å². The number of benzene rings is 2. The fourth-order valence-electron chi connectivity index (χ4n) is 5.20. The Balaban J connectivity index is 1.28. The van der Waals surface area contributed by atoms with E-state index in [0.717, 1.165) is 18.4 Å². The average molecular weight is 394 g/mol. The van der Waals surface area contributed by atoms with Gasteiger partial charge in [-0.1, -0.05) is 24.3 Å². The zero-order chi connectivity index (χ0) is 20.0. The second-order valence-corrected chi connectivity index (χ2v) is 8.37. The van der Waals surface area contributed by atoms with Crippen LogP contribution in [-0.2, 0) is 11.3 Å². The van der Waals surface area contributed by atoms with E-state index in [1.165, 1.54) is 12.1 Å². The van der Waals surface area contributed by atoms with Crippen molar-refractivity contribution >= 4 is 11.8 Å². The molecule has 3 saturated carbocycles. The van der Waals surface area contributed by atoms with Crippen molar-refractivity contribution in [3.8, 4) is 5.75 Å². The van der Waals surface area contributed by atoms with Gasteiger partial charge < -0.3 is 15.4 Å². The molecule has 29 heavy (non-hydrogen) atoms. The number of hydrogen-bond acceptors (Lipinski definition) is 3. The third kappa shape index (κ3) is 3.16. The molecule has 1 heterocycles. The first-order valence-corrected chi connectivity index (χ1v) is 10.2. The number of nitrogens with one attached hydrogen (secondary N) is 2. The van der Waals surface area contributed by atoms with Crippen LogP contribution in [0.4, 0.5) is 4.39 Å². The Morgan fingerprint density at radius 1 is 1.17 bits per heavy atom. The van der Waals surface area contributed by atoms with E-state index in [1.807, 2.05) is 18.2 Å². The summed E-state index contributed by atoms with van der Waals surface area (Å²) in [6.45, 7) is 0.388. The maximum atomic E-state index is 13.0. The Bertz CT molecular complexity index is 961. The van der Waals surface area contributed by atoms with Gasteiger partial charge >= 0.3 is 0 Å². The topological polar surface area (TPSA) is 67.4 Å². The first kappa shape index (κ1) is 18.2. The lowest BCUT2D eigenvalue weighted by atomic mass is 9.60. The van der Waals surface area contributed by atoms with Crippen molar-refractivity contribution in [2.45, 2.75) is 38.0 Å². The summed E-state index contributed by atoms with van der Waals surface area (Å²) in [5.41, 5.74) is 0.729. The van der Waals surface area contributed by atoms with Gasteiger partial charge in [0.2, 0.25) is 5.91 Å². The molecule has 6 rings (SSSR count). The molecule has 0 unspecified atom stereocenters.